The molecule has 0 saturated carbocycles. The van der Waals surface area contributed by atoms with E-state index in [0.29, 0.717) is 16.2 Å². The van der Waals surface area contributed by atoms with Crippen molar-refractivity contribution in [1.82, 2.24) is 4.57 Å². The lowest BCUT2D eigenvalue weighted by Crippen LogP contribution is -2.08. The van der Waals surface area contributed by atoms with E-state index in [4.69, 9.17) is 0 Å². The van der Waals surface area contributed by atoms with Crippen LogP contribution in [0.2, 0.25) is 0 Å². The van der Waals surface area contributed by atoms with Crippen molar-refractivity contribution >= 4 is 38.6 Å². The fourth-order valence-corrected chi connectivity index (χ4v) is 4.47. The van der Waals surface area contributed by atoms with E-state index >= 15 is 0 Å². The maximum absolute atomic E-state index is 12.7. The molecule has 3 aromatic rings. The van der Waals surface area contributed by atoms with Gasteiger partial charge in [0.2, 0.25) is 0 Å². The maximum atomic E-state index is 12.7. The van der Waals surface area contributed by atoms with Gasteiger partial charge >= 0.3 is 5.97 Å². The van der Waals surface area contributed by atoms with Crippen molar-refractivity contribution < 1.29 is 14.1 Å². The zero-order chi connectivity index (χ0) is 16.7. The molecule has 0 bridgehead atoms. The van der Waals surface area contributed by atoms with Crippen LogP contribution in [0.3, 0.4) is 0 Å². The largest absolute Gasteiger partial charge is 0.481 e. The smallest absolute Gasteiger partial charge is 0.307 e. The molecule has 1 atom stereocenters. The Bertz CT molecular complexity index is 956. The van der Waals surface area contributed by atoms with Gasteiger partial charge in [-0.15, -0.1) is 0 Å². The number of aliphatic carboxylic acids is 1. The summed E-state index contributed by atoms with van der Waals surface area (Å²) in [6.45, 7) is 3.84. The number of aromatic nitrogens is 1. The maximum Gasteiger partial charge on any atom is 0.307 e. The molecular formula is C18H19NO3S. The quantitative estimate of drug-likeness (QED) is 0.798. The van der Waals surface area contributed by atoms with Gasteiger partial charge in [-0.3, -0.25) is 9.00 Å². The molecule has 0 aliphatic heterocycles. The average Bonchev–Trinajstić information content (AvgIpc) is 2.81. The number of fused-ring (bicyclic) bond motifs is 3. The number of rotatable bonds is 4. The van der Waals surface area contributed by atoms with E-state index in [1.54, 1.807) is 0 Å². The zero-order valence-electron chi connectivity index (χ0n) is 13.4. The summed E-state index contributed by atoms with van der Waals surface area (Å²) in [6.07, 6.45) is -0.112. The molecule has 1 heterocycles. The number of hydrogen-bond acceptors (Lipinski definition) is 2. The lowest BCUT2D eigenvalue weighted by molar-refractivity contribution is -0.136. The first-order valence-corrected chi connectivity index (χ1v) is 8.87. The lowest BCUT2D eigenvalue weighted by Gasteiger charge is -2.12. The topological polar surface area (TPSA) is 59.3 Å². The summed E-state index contributed by atoms with van der Waals surface area (Å²) in [5, 5.41) is 11.4. The predicted molar refractivity (Wildman–Crippen MR) is 93.5 cm³/mol. The van der Waals surface area contributed by atoms with Gasteiger partial charge in [0.05, 0.1) is 27.6 Å². The van der Waals surface area contributed by atoms with E-state index in [0.717, 1.165) is 27.4 Å². The third kappa shape index (κ3) is 2.45. The van der Waals surface area contributed by atoms with Crippen molar-refractivity contribution in [3.8, 4) is 0 Å². The molecule has 1 aromatic heterocycles. The first-order chi connectivity index (χ1) is 11.0. The average molecular weight is 329 g/mol. The normalized spacial score (nSPS) is 12.8. The Labute approximate surface area is 137 Å². The Hall–Kier alpha value is -2.14. The number of carboxylic acids is 1. The van der Waals surface area contributed by atoms with Crippen LogP contribution < -0.4 is 0 Å². The number of nitrogens with zero attached hydrogens (tertiary/aromatic N) is 1. The van der Waals surface area contributed by atoms with Gasteiger partial charge in [-0.05, 0) is 24.1 Å². The minimum absolute atomic E-state index is 0.112. The number of para-hydroxylation sites is 1. The van der Waals surface area contributed by atoms with Gasteiger partial charge < -0.3 is 9.67 Å². The molecule has 1 unspecified atom stereocenters. The molecule has 0 saturated heterocycles. The zero-order valence-corrected chi connectivity index (χ0v) is 14.2. The van der Waals surface area contributed by atoms with E-state index < -0.39 is 16.8 Å². The van der Waals surface area contributed by atoms with Crippen LogP contribution in [-0.2, 0) is 29.1 Å². The molecule has 120 valence electrons. The predicted octanol–water partition coefficient (Wildman–Crippen LogP) is 3.39. The highest BCUT2D eigenvalue weighted by molar-refractivity contribution is 7.85. The van der Waals surface area contributed by atoms with E-state index in [2.05, 4.69) is 6.07 Å². The highest BCUT2D eigenvalue weighted by Crippen LogP contribution is 2.36. The van der Waals surface area contributed by atoms with Crippen LogP contribution >= 0.6 is 0 Å². The molecule has 0 amide bonds. The van der Waals surface area contributed by atoms with Crippen LogP contribution in [0.25, 0.3) is 21.8 Å². The van der Waals surface area contributed by atoms with Crippen molar-refractivity contribution in [2.24, 2.45) is 7.05 Å². The SMILES string of the molecule is CCS(=O)c1c(CC(=O)O)cc(C)c2c3ccccc3n(C)c12. The minimum Gasteiger partial charge on any atom is -0.481 e. The fourth-order valence-electron chi connectivity index (χ4n) is 3.30. The molecule has 1 N–H and O–H groups in total. The first-order valence-electron chi connectivity index (χ1n) is 7.55. The van der Waals surface area contributed by atoms with Gasteiger partial charge in [0.25, 0.3) is 0 Å². The molecule has 0 fully saturated rings. The van der Waals surface area contributed by atoms with Crippen LogP contribution in [0.15, 0.2) is 35.2 Å². The van der Waals surface area contributed by atoms with Crippen molar-refractivity contribution in [1.29, 1.82) is 0 Å². The van der Waals surface area contributed by atoms with Gasteiger partial charge in [-0.25, -0.2) is 0 Å². The van der Waals surface area contributed by atoms with Gasteiger partial charge in [-0.2, -0.15) is 0 Å². The summed E-state index contributed by atoms with van der Waals surface area (Å²) in [4.78, 5) is 11.9. The molecule has 5 heteroatoms. The summed E-state index contributed by atoms with van der Waals surface area (Å²) in [7, 11) is 0.727. The molecule has 0 aliphatic carbocycles. The van der Waals surface area contributed by atoms with Crippen molar-refractivity contribution in [2.75, 3.05) is 5.75 Å². The summed E-state index contributed by atoms with van der Waals surface area (Å²) < 4.78 is 14.7. The first kappa shape index (κ1) is 15.7. The van der Waals surface area contributed by atoms with Crippen LogP contribution in [0.4, 0.5) is 0 Å². The van der Waals surface area contributed by atoms with Crippen LogP contribution in [0, 0.1) is 6.92 Å². The number of carboxylic acid groups (broad SMARTS) is 1. The summed E-state index contributed by atoms with van der Waals surface area (Å²) in [5.41, 5.74) is 3.62. The molecule has 0 spiro atoms. The second-order valence-electron chi connectivity index (χ2n) is 5.69. The number of aryl methyl sites for hydroxylation is 2. The minimum atomic E-state index is -1.22. The Morgan fingerprint density at radius 1 is 1.30 bits per heavy atom. The molecule has 2 aromatic carbocycles. The second kappa shape index (κ2) is 5.81. The molecule has 23 heavy (non-hydrogen) atoms. The third-order valence-corrected chi connectivity index (χ3v) is 5.67. The molecule has 0 aliphatic rings. The van der Waals surface area contributed by atoms with Gasteiger partial charge in [0.1, 0.15) is 0 Å². The monoisotopic (exact) mass is 329 g/mol. The Morgan fingerprint density at radius 2 is 2.00 bits per heavy atom. The summed E-state index contributed by atoms with van der Waals surface area (Å²) >= 11 is 0. The highest BCUT2D eigenvalue weighted by Gasteiger charge is 2.21. The number of carbonyl (C=O) groups is 1. The molecule has 0 radical (unpaired) electrons. The second-order valence-corrected chi connectivity index (χ2v) is 7.36. The Kier molecular flexibility index (Phi) is 3.98. The standard InChI is InChI=1S/C18H19NO3S/c1-4-23(22)18-12(10-15(20)21)9-11(2)16-13-7-5-6-8-14(13)19(3)17(16)18/h5-9H,4,10H2,1-3H3,(H,20,21). The Morgan fingerprint density at radius 3 is 2.65 bits per heavy atom. The van der Waals surface area contributed by atoms with Gasteiger partial charge in [0, 0.05) is 29.1 Å². The van der Waals surface area contributed by atoms with E-state index in [-0.39, 0.29) is 6.42 Å². The summed E-state index contributed by atoms with van der Waals surface area (Å²) in [6, 6.07) is 9.93. The van der Waals surface area contributed by atoms with Crippen molar-refractivity contribution in [3.63, 3.8) is 0 Å². The van der Waals surface area contributed by atoms with Crippen LogP contribution in [0.5, 0.6) is 0 Å². The van der Waals surface area contributed by atoms with Gasteiger partial charge in [-0.1, -0.05) is 31.2 Å². The van der Waals surface area contributed by atoms with E-state index in [1.807, 2.05) is 49.7 Å². The van der Waals surface area contributed by atoms with E-state index in [9.17, 15) is 14.1 Å². The lowest BCUT2D eigenvalue weighted by atomic mass is 10.0. The third-order valence-electron chi connectivity index (χ3n) is 4.23. The van der Waals surface area contributed by atoms with Gasteiger partial charge in [0.15, 0.2) is 0 Å². The Balaban J connectivity index is 2.53. The fraction of sp³-hybridized carbons (Fsp3) is 0.278. The van der Waals surface area contributed by atoms with Crippen molar-refractivity contribution in [3.05, 3.63) is 41.5 Å². The number of benzene rings is 2. The highest BCUT2D eigenvalue weighted by atomic mass is 32.2. The van der Waals surface area contributed by atoms with Crippen molar-refractivity contribution in [2.45, 2.75) is 25.2 Å². The van der Waals surface area contributed by atoms with Crippen LogP contribution in [0.1, 0.15) is 18.1 Å². The molecule has 3 rings (SSSR count). The van der Waals surface area contributed by atoms with E-state index in [1.165, 1.54) is 0 Å². The van der Waals surface area contributed by atoms with Crippen LogP contribution in [-0.4, -0.2) is 25.6 Å². The summed E-state index contributed by atoms with van der Waals surface area (Å²) in [5.74, 6) is -0.441. The molecule has 4 nitrogen and oxygen atoms in total. The molecular weight excluding hydrogens is 310 g/mol. The number of hydrogen-bond donors (Lipinski definition) is 1.